The van der Waals surface area contributed by atoms with Crippen LogP contribution in [0.2, 0.25) is 0 Å². The van der Waals surface area contributed by atoms with Gasteiger partial charge in [0.1, 0.15) is 5.82 Å². The number of amides is 1. The van der Waals surface area contributed by atoms with Gasteiger partial charge in [0.25, 0.3) is 11.5 Å². The van der Waals surface area contributed by atoms with Gasteiger partial charge in [-0.05, 0) is 24.3 Å². The molecule has 0 aliphatic rings. The number of nitrogens with zero attached hydrogens (tertiary/aromatic N) is 2. The van der Waals surface area contributed by atoms with E-state index in [1.54, 1.807) is 24.3 Å². The van der Waals surface area contributed by atoms with Crippen LogP contribution in [0.4, 0.5) is 5.82 Å². The van der Waals surface area contributed by atoms with Crippen LogP contribution in [0.3, 0.4) is 0 Å². The SMILES string of the molecule is Cn1c(NC(=O)COC(=O)c2ccc(Br)cc2)cc(=O)n(C)c1=O. The molecule has 8 nitrogen and oxygen atoms in total. The van der Waals surface area contributed by atoms with Crippen molar-refractivity contribution in [2.75, 3.05) is 11.9 Å². The summed E-state index contributed by atoms with van der Waals surface area (Å²) in [7, 11) is 2.74. The molecule has 24 heavy (non-hydrogen) atoms. The molecular weight excluding hydrogens is 382 g/mol. The molecule has 1 N–H and O–H groups in total. The number of hydrogen-bond acceptors (Lipinski definition) is 5. The van der Waals surface area contributed by atoms with Gasteiger partial charge in [0.15, 0.2) is 6.61 Å². The molecule has 0 radical (unpaired) electrons. The molecule has 0 aliphatic carbocycles. The zero-order valence-electron chi connectivity index (χ0n) is 12.9. The quantitative estimate of drug-likeness (QED) is 0.765. The van der Waals surface area contributed by atoms with Crippen molar-refractivity contribution in [1.82, 2.24) is 9.13 Å². The number of anilines is 1. The predicted octanol–water partition coefficient (Wildman–Crippen LogP) is 0.642. The van der Waals surface area contributed by atoms with Crippen LogP contribution in [-0.2, 0) is 23.6 Å². The van der Waals surface area contributed by atoms with Gasteiger partial charge in [0, 0.05) is 24.6 Å². The maximum absolute atomic E-state index is 11.8. The van der Waals surface area contributed by atoms with E-state index in [4.69, 9.17) is 4.74 Å². The molecule has 0 bridgehead atoms. The highest BCUT2D eigenvalue weighted by Gasteiger charge is 2.12. The van der Waals surface area contributed by atoms with Crippen molar-refractivity contribution in [1.29, 1.82) is 0 Å². The van der Waals surface area contributed by atoms with Gasteiger partial charge >= 0.3 is 11.7 Å². The summed E-state index contributed by atoms with van der Waals surface area (Å²) in [5.74, 6) is -1.30. The molecule has 1 aromatic carbocycles. The predicted molar refractivity (Wildman–Crippen MR) is 90.0 cm³/mol. The maximum atomic E-state index is 11.8. The first-order chi connectivity index (χ1) is 11.3. The van der Waals surface area contributed by atoms with Gasteiger partial charge in [-0.3, -0.25) is 18.7 Å². The monoisotopic (exact) mass is 395 g/mol. The summed E-state index contributed by atoms with van der Waals surface area (Å²) >= 11 is 3.25. The number of ether oxygens (including phenoxy) is 1. The van der Waals surface area contributed by atoms with Crippen LogP contribution >= 0.6 is 15.9 Å². The number of hydrogen-bond donors (Lipinski definition) is 1. The molecule has 2 aromatic rings. The Morgan fingerprint density at radius 3 is 2.38 bits per heavy atom. The third kappa shape index (κ3) is 3.99. The summed E-state index contributed by atoms with van der Waals surface area (Å²) in [5.41, 5.74) is -0.836. The molecule has 1 heterocycles. The lowest BCUT2D eigenvalue weighted by Crippen LogP contribution is -2.38. The Kier molecular flexibility index (Phi) is 5.35. The van der Waals surface area contributed by atoms with E-state index in [1.807, 2.05) is 0 Å². The number of aromatic nitrogens is 2. The minimum absolute atomic E-state index is 0.0211. The van der Waals surface area contributed by atoms with Gasteiger partial charge in [-0.2, -0.15) is 0 Å². The van der Waals surface area contributed by atoms with E-state index in [-0.39, 0.29) is 5.82 Å². The number of carbonyl (C=O) groups is 2. The second-order valence-corrected chi connectivity index (χ2v) is 5.82. The van der Waals surface area contributed by atoms with Gasteiger partial charge in [0.2, 0.25) is 0 Å². The molecule has 1 aromatic heterocycles. The first-order valence-corrected chi connectivity index (χ1v) is 7.58. The number of carbonyl (C=O) groups excluding carboxylic acids is 2. The Hall–Kier alpha value is -2.68. The molecule has 0 aliphatic heterocycles. The molecular formula is C15H14BrN3O5. The first kappa shape index (κ1) is 17.7. The fourth-order valence-corrected chi connectivity index (χ4v) is 2.10. The topological polar surface area (TPSA) is 99.4 Å². The van der Waals surface area contributed by atoms with Gasteiger partial charge in [-0.1, -0.05) is 15.9 Å². The highest BCUT2D eigenvalue weighted by atomic mass is 79.9. The molecule has 0 saturated heterocycles. The Balaban J connectivity index is 2.02. The Morgan fingerprint density at radius 1 is 1.12 bits per heavy atom. The maximum Gasteiger partial charge on any atom is 0.338 e. The van der Waals surface area contributed by atoms with E-state index in [0.717, 1.165) is 19.7 Å². The standard InChI is InChI=1S/C15H14BrN3O5/c1-18-11(7-13(21)19(2)15(18)23)17-12(20)8-24-14(22)9-3-5-10(16)6-4-9/h3-7H,8H2,1-2H3,(H,17,20). The van der Waals surface area contributed by atoms with Gasteiger partial charge < -0.3 is 10.1 Å². The Labute approximate surface area is 144 Å². The molecule has 1 amide bonds. The normalized spacial score (nSPS) is 10.3. The molecule has 0 spiro atoms. The van der Waals surface area contributed by atoms with Crippen LogP contribution in [0.5, 0.6) is 0 Å². The van der Waals surface area contributed by atoms with E-state index in [0.29, 0.717) is 5.56 Å². The number of rotatable bonds is 4. The van der Waals surface area contributed by atoms with Crippen molar-refractivity contribution in [3.8, 4) is 0 Å². The summed E-state index contributed by atoms with van der Waals surface area (Å²) in [4.78, 5) is 47.0. The molecule has 0 unspecified atom stereocenters. The highest BCUT2D eigenvalue weighted by molar-refractivity contribution is 9.10. The highest BCUT2D eigenvalue weighted by Crippen LogP contribution is 2.11. The van der Waals surface area contributed by atoms with Crippen molar-refractivity contribution in [3.63, 3.8) is 0 Å². The summed E-state index contributed by atoms with van der Waals surface area (Å²) in [6.45, 7) is -0.543. The van der Waals surface area contributed by atoms with Gasteiger partial charge in [0.05, 0.1) is 5.56 Å². The van der Waals surface area contributed by atoms with E-state index in [1.165, 1.54) is 14.1 Å². The van der Waals surface area contributed by atoms with E-state index in [2.05, 4.69) is 21.2 Å². The van der Waals surface area contributed by atoms with Crippen LogP contribution in [0.1, 0.15) is 10.4 Å². The third-order valence-electron chi connectivity index (χ3n) is 3.21. The van der Waals surface area contributed by atoms with Crippen molar-refractivity contribution in [3.05, 3.63) is 61.2 Å². The molecule has 2 rings (SSSR count). The second-order valence-electron chi connectivity index (χ2n) is 4.90. The third-order valence-corrected chi connectivity index (χ3v) is 3.74. The van der Waals surface area contributed by atoms with E-state index >= 15 is 0 Å². The number of benzene rings is 1. The molecule has 0 fully saturated rings. The van der Waals surface area contributed by atoms with Crippen LogP contribution in [0, 0.1) is 0 Å². The smallest absolute Gasteiger partial charge is 0.338 e. The number of nitrogens with one attached hydrogen (secondary N) is 1. The van der Waals surface area contributed by atoms with Crippen LogP contribution < -0.4 is 16.6 Å². The fraction of sp³-hybridized carbons (Fsp3) is 0.200. The lowest BCUT2D eigenvalue weighted by Gasteiger charge is -2.11. The summed E-state index contributed by atoms with van der Waals surface area (Å²) < 4.78 is 7.71. The Bertz CT molecular complexity index is 899. The summed E-state index contributed by atoms with van der Waals surface area (Å²) in [6.07, 6.45) is 0. The van der Waals surface area contributed by atoms with Gasteiger partial charge in [-0.25, -0.2) is 9.59 Å². The van der Waals surface area contributed by atoms with E-state index < -0.39 is 29.7 Å². The fourth-order valence-electron chi connectivity index (χ4n) is 1.83. The first-order valence-electron chi connectivity index (χ1n) is 6.79. The average Bonchev–Trinajstić information content (AvgIpc) is 2.56. The van der Waals surface area contributed by atoms with Crippen LogP contribution in [0.25, 0.3) is 0 Å². The lowest BCUT2D eigenvalue weighted by atomic mass is 10.2. The van der Waals surface area contributed by atoms with Gasteiger partial charge in [-0.15, -0.1) is 0 Å². The Morgan fingerprint density at radius 2 is 1.75 bits per heavy atom. The van der Waals surface area contributed by atoms with Crippen molar-refractivity contribution in [2.24, 2.45) is 14.1 Å². The van der Waals surface area contributed by atoms with E-state index in [9.17, 15) is 19.2 Å². The minimum Gasteiger partial charge on any atom is -0.452 e. The lowest BCUT2D eigenvalue weighted by molar-refractivity contribution is -0.119. The molecule has 0 saturated carbocycles. The minimum atomic E-state index is -0.663. The largest absolute Gasteiger partial charge is 0.452 e. The van der Waals surface area contributed by atoms with Crippen LogP contribution in [-0.4, -0.2) is 27.6 Å². The zero-order valence-corrected chi connectivity index (χ0v) is 14.5. The average molecular weight is 396 g/mol. The number of halogens is 1. The molecule has 0 atom stereocenters. The van der Waals surface area contributed by atoms with Crippen molar-refractivity contribution < 1.29 is 14.3 Å². The van der Waals surface area contributed by atoms with Crippen molar-refractivity contribution in [2.45, 2.75) is 0 Å². The van der Waals surface area contributed by atoms with Crippen molar-refractivity contribution >= 4 is 33.6 Å². The summed E-state index contributed by atoms with van der Waals surface area (Å²) in [6, 6.07) is 7.55. The second kappa shape index (κ2) is 7.26. The number of esters is 1. The van der Waals surface area contributed by atoms with Crippen LogP contribution in [0.15, 0.2) is 44.4 Å². The zero-order chi connectivity index (χ0) is 17.9. The molecule has 9 heteroatoms. The summed E-state index contributed by atoms with van der Waals surface area (Å²) in [5, 5.41) is 2.36. The molecule has 126 valence electrons.